The number of nitrogens with two attached hydrogens (primary N) is 1. The van der Waals surface area contributed by atoms with Crippen LogP contribution in [0.3, 0.4) is 0 Å². The summed E-state index contributed by atoms with van der Waals surface area (Å²) in [5.41, 5.74) is 13.1. The fourth-order valence-electron chi connectivity index (χ4n) is 7.56. The topological polar surface area (TPSA) is 116 Å². The second-order valence-corrected chi connectivity index (χ2v) is 13.0. The first-order valence-corrected chi connectivity index (χ1v) is 16.6. The van der Waals surface area contributed by atoms with Gasteiger partial charge < -0.3 is 16.0 Å². The quantitative estimate of drug-likeness (QED) is 0.248. The van der Waals surface area contributed by atoms with Gasteiger partial charge in [-0.2, -0.15) is 5.10 Å². The summed E-state index contributed by atoms with van der Waals surface area (Å²) in [6.45, 7) is 2.35. The highest BCUT2D eigenvalue weighted by molar-refractivity contribution is 5.83. The minimum absolute atomic E-state index is 0.447. The third-order valence-electron chi connectivity index (χ3n) is 10.2. The molecule has 6 aromatic rings. The summed E-state index contributed by atoms with van der Waals surface area (Å²) in [5.74, 6) is 3.06. The van der Waals surface area contributed by atoms with Gasteiger partial charge in [0.05, 0.1) is 5.56 Å². The van der Waals surface area contributed by atoms with Crippen molar-refractivity contribution in [2.45, 2.75) is 51.0 Å². The molecule has 0 atom stereocenters. The average molecular weight is 625 g/mol. The summed E-state index contributed by atoms with van der Waals surface area (Å²) in [6.07, 6.45) is 16.1. The SMILES string of the molecule is CNC1CC2(CCN(c3ccccn3)CC2)C1.Nc1ncccc1-c1nc2ccc(-n3cccn3)nc2n1-c1ccc2c(c1)CCC2. The van der Waals surface area contributed by atoms with Crippen LogP contribution in [0.5, 0.6) is 0 Å². The fraction of sp³-hybridized carbons (Fsp3) is 0.324. The van der Waals surface area contributed by atoms with Crippen LogP contribution >= 0.6 is 0 Å². The number of nitrogen functional groups attached to an aromatic ring is 1. The van der Waals surface area contributed by atoms with Crippen LogP contribution in [0.25, 0.3) is 34.1 Å². The van der Waals surface area contributed by atoms with Gasteiger partial charge in [-0.05, 0) is 123 Å². The molecule has 10 heteroatoms. The second kappa shape index (κ2) is 12.3. The predicted molar refractivity (Wildman–Crippen MR) is 186 cm³/mol. The van der Waals surface area contributed by atoms with E-state index in [2.05, 4.69) is 67.2 Å². The molecular formula is C37H40N10. The molecule has 9 rings (SSSR count). The minimum atomic E-state index is 0.447. The summed E-state index contributed by atoms with van der Waals surface area (Å²) >= 11 is 0. The van der Waals surface area contributed by atoms with Gasteiger partial charge in [-0.15, -0.1) is 0 Å². The zero-order valence-corrected chi connectivity index (χ0v) is 26.8. The molecule has 10 nitrogen and oxygen atoms in total. The van der Waals surface area contributed by atoms with Crippen molar-refractivity contribution < 1.29 is 0 Å². The van der Waals surface area contributed by atoms with Crippen LogP contribution in [0.1, 0.15) is 43.2 Å². The highest BCUT2D eigenvalue weighted by Gasteiger charge is 2.45. The van der Waals surface area contributed by atoms with Crippen LogP contribution in [0, 0.1) is 5.41 Å². The molecule has 1 spiro atoms. The second-order valence-electron chi connectivity index (χ2n) is 13.0. The van der Waals surface area contributed by atoms with Crippen LogP contribution < -0.4 is 16.0 Å². The molecule has 2 aliphatic carbocycles. The van der Waals surface area contributed by atoms with Crippen molar-refractivity contribution in [2.24, 2.45) is 5.41 Å². The number of imidazole rings is 1. The number of aryl methyl sites for hydroxylation is 2. The molecule has 238 valence electrons. The van der Waals surface area contributed by atoms with Crippen molar-refractivity contribution in [1.82, 2.24) is 39.6 Å². The third-order valence-corrected chi connectivity index (χ3v) is 10.2. The van der Waals surface area contributed by atoms with Crippen molar-refractivity contribution in [1.29, 1.82) is 0 Å². The number of hydrogen-bond acceptors (Lipinski definition) is 8. The molecule has 3 N–H and O–H groups in total. The summed E-state index contributed by atoms with van der Waals surface area (Å²) in [4.78, 5) is 20.9. The summed E-state index contributed by atoms with van der Waals surface area (Å²) in [6, 6.07) is 23.2. The predicted octanol–water partition coefficient (Wildman–Crippen LogP) is 5.79. The van der Waals surface area contributed by atoms with Crippen molar-refractivity contribution >= 4 is 22.8 Å². The molecular weight excluding hydrogens is 584 g/mol. The van der Waals surface area contributed by atoms with Crippen molar-refractivity contribution in [3.63, 3.8) is 0 Å². The van der Waals surface area contributed by atoms with Gasteiger partial charge in [-0.25, -0.2) is 24.6 Å². The molecule has 1 saturated carbocycles. The molecule has 0 radical (unpaired) electrons. The number of benzene rings is 1. The Morgan fingerprint density at radius 2 is 1.68 bits per heavy atom. The fourth-order valence-corrected chi connectivity index (χ4v) is 7.56. The Hall–Kier alpha value is -5.09. The molecule has 0 bridgehead atoms. The van der Waals surface area contributed by atoms with Gasteiger partial charge in [0, 0.05) is 49.6 Å². The normalized spacial score (nSPS) is 16.9. The Morgan fingerprint density at radius 3 is 2.45 bits per heavy atom. The van der Waals surface area contributed by atoms with E-state index >= 15 is 0 Å². The lowest BCUT2D eigenvalue weighted by Crippen LogP contribution is -2.53. The number of aromatic nitrogens is 7. The van der Waals surface area contributed by atoms with Crippen LogP contribution in [-0.2, 0) is 12.8 Å². The number of piperidine rings is 1. The maximum Gasteiger partial charge on any atom is 0.167 e. The Labute approximate surface area is 274 Å². The Bertz CT molecular complexity index is 1980. The zero-order valence-electron chi connectivity index (χ0n) is 26.8. The number of rotatable bonds is 5. The lowest BCUT2D eigenvalue weighted by molar-refractivity contribution is 0.0566. The lowest BCUT2D eigenvalue weighted by atomic mass is 9.60. The maximum absolute atomic E-state index is 6.22. The monoisotopic (exact) mass is 624 g/mol. The highest BCUT2D eigenvalue weighted by Crippen LogP contribution is 2.49. The van der Waals surface area contributed by atoms with E-state index in [9.17, 15) is 0 Å². The first kappa shape index (κ1) is 29.3. The molecule has 5 aromatic heterocycles. The lowest BCUT2D eigenvalue weighted by Gasteiger charge is -2.52. The van der Waals surface area contributed by atoms with Gasteiger partial charge in [0.2, 0.25) is 0 Å². The molecule has 2 fully saturated rings. The molecule has 1 aliphatic heterocycles. The molecule has 47 heavy (non-hydrogen) atoms. The number of pyridine rings is 3. The third kappa shape index (κ3) is 5.63. The van der Waals surface area contributed by atoms with Gasteiger partial charge in [0.15, 0.2) is 17.3 Å². The average Bonchev–Trinajstić information content (AvgIpc) is 3.88. The van der Waals surface area contributed by atoms with Crippen molar-refractivity contribution in [3.8, 4) is 22.9 Å². The first-order valence-electron chi connectivity index (χ1n) is 16.6. The molecule has 1 saturated heterocycles. The molecule has 0 amide bonds. The first-order chi connectivity index (χ1) is 23.1. The molecule has 0 unspecified atom stereocenters. The van der Waals surface area contributed by atoms with Gasteiger partial charge in [-0.3, -0.25) is 4.57 Å². The molecule has 1 aromatic carbocycles. The van der Waals surface area contributed by atoms with Gasteiger partial charge in [0.25, 0.3) is 0 Å². The molecule has 6 heterocycles. The van der Waals surface area contributed by atoms with Crippen LogP contribution in [0.2, 0.25) is 0 Å². The minimum Gasteiger partial charge on any atom is -0.383 e. The summed E-state index contributed by atoms with van der Waals surface area (Å²) < 4.78 is 3.83. The standard InChI is InChI=1S/C23H19N7.C14H21N3/c24-21-18(6-2-11-25-21)22-27-19-9-10-20(29-13-3-12-26-29)28-23(19)30(22)17-8-7-15-4-1-5-16(15)14-17;1-15-12-10-14(11-12)5-8-17(9-6-14)13-4-2-3-7-16-13/h2-3,6-14H,1,4-5H2,(H2,24,25);2-4,7,12,15H,5-6,8-11H2,1H3. The van der Waals surface area contributed by atoms with E-state index in [4.69, 9.17) is 15.7 Å². The number of nitrogens with zero attached hydrogens (tertiary/aromatic N) is 8. The van der Waals surface area contributed by atoms with Gasteiger partial charge >= 0.3 is 0 Å². The Kier molecular flexibility index (Phi) is 7.65. The van der Waals surface area contributed by atoms with E-state index < -0.39 is 0 Å². The van der Waals surface area contributed by atoms with Gasteiger partial charge in [-0.1, -0.05) is 12.1 Å². The number of anilines is 2. The van der Waals surface area contributed by atoms with Gasteiger partial charge in [0.1, 0.15) is 17.2 Å². The summed E-state index contributed by atoms with van der Waals surface area (Å²) in [5, 5.41) is 7.71. The molecule has 3 aliphatic rings. The maximum atomic E-state index is 6.22. The van der Waals surface area contributed by atoms with Crippen LogP contribution in [-0.4, -0.2) is 60.5 Å². The number of nitrogens with one attached hydrogen (secondary N) is 1. The largest absolute Gasteiger partial charge is 0.383 e. The zero-order chi connectivity index (χ0) is 31.8. The number of hydrogen-bond donors (Lipinski definition) is 2. The Morgan fingerprint density at radius 1 is 0.830 bits per heavy atom. The van der Waals surface area contributed by atoms with E-state index in [1.54, 1.807) is 17.1 Å². The number of fused-ring (bicyclic) bond motifs is 2. The van der Waals surface area contributed by atoms with Crippen molar-refractivity contribution in [3.05, 3.63) is 103 Å². The van der Waals surface area contributed by atoms with E-state index in [1.165, 1.54) is 56.3 Å². The van der Waals surface area contributed by atoms with E-state index in [1.807, 2.05) is 48.8 Å². The Balaban J connectivity index is 0.000000162. The van der Waals surface area contributed by atoms with Crippen LogP contribution in [0.4, 0.5) is 11.6 Å². The smallest absolute Gasteiger partial charge is 0.167 e. The van der Waals surface area contributed by atoms with Crippen molar-refractivity contribution in [2.75, 3.05) is 30.8 Å². The van der Waals surface area contributed by atoms with E-state index in [0.29, 0.717) is 11.2 Å². The van der Waals surface area contributed by atoms with E-state index in [0.717, 1.165) is 58.8 Å². The highest BCUT2D eigenvalue weighted by atomic mass is 15.3. The van der Waals surface area contributed by atoms with E-state index in [-0.39, 0.29) is 0 Å². The van der Waals surface area contributed by atoms with Crippen LogP contribution in [0.15, 0.2) is 91.5 Å². The summed E-state index contributed by atoms with van der Waals surface area (Å²) in [7, 11) is 2.08.